The van der Waals surface area contributed by atoms with E-state index in [0.29, 0.717) is 23.7 Å². The highest BCUT2D eigenvalue weighted by Gasteiger charge is 2.17. The molecular formula is C21H24N4O4S. The number of carbonyl (C=O) groups excluding carboxylic acids is 1. The normalized spacial score (nSPS) is 11.2. The molecule has 2 aromatic carbocycles. The fraction of sp³-hybridized carbons (Fsp3) is 0.238. The van der Waals surface area contributed by atoms with Crippen molar-refractivity contribution in [3.63, 3.8) is 0 Å². The summed E-state index contributed by atoms with van der Waals surface area (Å²) in [4.78, 5) is 12.3. The van der Waals surface area contributed by atoms with E-state index in [4.69, 9.17) is 4.74 Å². The van der Waals surface area contributed by atoms with Crippen molar-refractivity contribution in [2.24, 2.45) is 0 Å². The molecule has 1 heterocycles. The predicted molar refractivity (Wildman–Crippen MR) is 115 cm³/mol. The lowest BCUT2D eigenvalue weighted by atomic mass is 10.3. The topological polar surface area (TPSA) is 102 Å². The number of ether oxygens (including phenoxy) is 1. The molecule has 1 amide bonds. The number of nitrogens with one attached hydrogen (secondary N) is 2. The number of rotatable bonds is 8. The van der Waals surface area contributed by atoms with Crippen LogP contribution in [0.3, 0.4) is 0 Å². The number of methoxy groups -OCH3 is 1. The van der Waals surface area contributed by atoms with Gasteiger partial charge in [-0.25, -0.2) is 8.42 Å². The number of benzene rings is 2. The van der Waals surface area contributed by atoms with Gasteiger partial charge in [0.05, 0.1) is 23.4 Å². The number of hydrogen-bond acceptors (Lipinski definition) is 5. The molecule has 8 nitrogen and oxygen atoms in total. The van der Waals surface area contributed by atoms with E-state index in [9.17, 15) is 13.2 Å². The molecule has 9 heteroatoms. The first-order chi connectivity index (χ1) is 14.3. The first-order valence-corrected chi connectivity index (χ1v) is 10.8. The first-order valence-electron chi connectivity index (χ1n) is 9.35. The van der Waals surface area contributed by atoms with Crippen molar-refractivity contribution in [2.45, 2.75) is 31.7 Å². The summed E-state index contributed by atoms with van der Waals surface area (Å²) in [7, 11) is -2.39. The molecule has 0 aliphatic heterocycles. The maximum Gasteiger partial charge on any atom is 0.262 e. The predicted octanol–water partition coefficient (Wildman–Crippen LogP) is 3.34. The van der Waals surface area contributed by atoms with Crippen LogP contribution in [0.1, 0.15) is 17.8 Å². The smallest absolute Gasteiger partial charge is 0.262 e. The van der Waals surface area contributed by atoms with Crippen LogP contribution in [0.4, 0.5) is 11.4 Å². The maximum absolute atomic E-state index is 12.8. The van der Waals surface area contributed by atoms with Gasteiger partial charge in [0, 0.05) is 24.3 Å². The molecule has 0 saturated heterocycles. The summed E-state index contributed by atoms with van der Waals surface area (Å²) in [6, 6.07) is 14.8. The molecule has 3 aromatic rings. The number of para-hydroxylation sites is 2. The number of anilines is 2. The minimum atomic E-state index is -3.86. The van der Waals surface area contributed by atoms with Gasteiger partial charge in [0.2, 0.25) is 5.91 Å². The largest absolute Gasteiger partial charge is 0.495 e. The Balaban J connectivity index is 1.69. The second-order valence-electron chi connectivity index (χ2n) is 6.78. The molecule has 2 N–H and O–H groups in total. The second-order valence-corrected chi connectivity index (χ2v) is 8.46. The van der Waals surface area contributed by atoms with Crippen LogP contribution in [-0.2, 0) is 21.4 Å². The fourth-order valence-corrected chi connectivity index (χ4v) is 4.12. The Bertz CT molecular complexity index is 1160. The van der Waals surface area contributed by atoms with Gasteiger partial charge in [-0.2, -0.15) is 5.10 Å². The molecule has 0 aliphatic carbocycles. The average Bonchev–Trinajstić information content (AvgIpc) is 3.04. The van der Waals surface area contributed by atoms with Crippen LogP contribution in [0.15, 0.2) is 59.5 Å². The third-order valence-electron chi connectivity index (χ3n) is 4.43. The van der Waals surface area contributed by atoms with Gasteiger partial charge in [0.15, 0.2) is 0 Å². The first kappa shape index (κ1) is 21.4. The average molecular weight is 429 g/mol. The van der Waals surface area contributed by atoms with Crippen molar-refractivity contribution in [1.29, 1.82) is 0 Å². The van der Waals surface area contributed by atoms with Crippen molar-refractivity contribution < 1.29 is 17.9 Å². The molecule has 0 fully saturated rings. The van der Waals surface area contributed by atoms with Gasteiger partial charge in [-0.1, -0.05) is 18.2 Å². The van der Waals surface area contributed by atoms with Crippen LogP contribution in [0.5, 0.6) is 5.75 Å². The van der Waals surface area contributed by atoms with E-state index in [2.05, 4.69) is 15.1 Å². The SMILES string of the molecule is COc1ccccc1NS(=O)(=O)c1cccc(NC(=O)CCn2nc(C)cc2C)c1. The van der Waals surface area contributed by atoms with E-state index >= 15 is 0 Å². The lowest BCUT2D eigenvalue weighted by Crippen LogP contribution is -2.17. The van der Waals surface area contributed by atoms with E-state index in [1.807, 2.05) is 19.9 Å². The van der Waals surface area contributed by atoms with Gasteiger partial charge in [0.25, 0.3) is 10.0 Å². The summed E-state index contributed by atoms with van der Waals surface area (Å²) < 4.78 is 35.0. The van der Waals surface area contributed by atoms with Crippen LogP contribution < -0.4 is 14.8 Å². The summed E-state index contributed by atoms with van der Waals surface area (Å²) in [5.74, 6) is 0.185. The van der Waals surface area contributed by atoms with Crippen molar-refractivity contribution in [1.82, 2.24) is 9.78 Å². The monoisotopic (exact) mass is 428 g/mol. The van der Waals surface area contributed by atoms with Crippen molar-refractivity contribution in [2.75, 3.05) is 17.1 Å². The number of amides is 1. The van der Waals surface area contributed by atoms with E-state index < -0.39 is 10.0 Å². The minimum absolute atomic E-state index is 0.0322. The van der Waals surface area contributed by atoms with Gasteiger partial charge >= 0.3 is 0 Å². The van der Waals surface area contributed by atoms with Crippen molar-refractivity contribution >= 4 is 27.3 Å². The molecule has 0 radical (unpaired) electrons. The van der Waals surface area contributed by atoms with E-state index in [-0.39, 0.29) is 17.2 Å². The van der Waals surface area contributed by atoms with Crippen LogP contribution >= 0.6 is 0 Å². The molecule has 0 atom stereocenters. The Morgan fingerprint density at radius 2 is 1.87 bits per heavy atom. The van der Waals surface area contributed by atoms with Crippen LogP contribution in [0.2, 0.25) is 0 Å². The second kappa shape index (κ2) is 9.00. The lowest BCUT2D eigenvalue weighted by molar-refractivity contribution is -0.116. The fourth-order valence-electron chi connectivity index (χ4n) is 3.01. The number of aromatic nitrogens is 2. The maximum atomic E-state index is 12.8. The third kappa shape index (κ3) is 5.18. The lowest BCUT2D eigenvalue weighted by Gasteiger charge is -2.12. The number of aryl methyl sites for hydroxylation is 3. The minimum Gasteiger partial charge on any atom is -0.495 e. The van der Waals surface area contributed by atoms with Crippen LogP contribution in [-0.4, -0.2) is 31.2 Å². The number of carbonyl (C=O) groups is 1. The molecule has 1 aromatic heterocycles. The van der Waals surface area contributed by atoms with Gasteiger partial charge in [0.1, 0.15) is 5.75 Å². The molecule has 0 spiro atoms. The van der Waals surface area contributed by atoms with Crippen LogP contribution in [0.25, 0.3) is 0 Å². The molecule has 0 aliphatic rings. The molecule has 30 heavy (non-hydrogen) atoms. The zero-order valence-electron chi connectivity index (χ0n) is 17.0. The number of sulfonamides is 1. The summed E-state index contributed by atoms with van der Waals surface area (Å²) in [6.07, 6.45) is 0.221. The quantitative estimate of drug-likeness (QED) is 0.573. The Morgan fingerprint density at radius 3 is 2.57 bits per heavy atom. The number of nitrogens with zero attached hydrogens (tertiary/aromatic N) is 2. The van der Waals surface area contributed by atoms with Crippen molar-refractivity contribution in [3.05, 3.63) is 66.0 Å². The van der Waals surface area contributed by atoms with Gasteiger partial charge in [-0.05, 0) is 50.2 Å². The molecule has 0 bridgehead atoms. The molecule has 3 rings (SSSR count). The summed E-state index contributed by atoms with van der Waals surface area (Å²) in [6.45, 7) is 4.27. The van der Waals surface area contributed by atoms with E-state index in [1.54, 1.807) is 41.1 Å². The highest BCUT2D eigenvalue weighted by Crippen LogP contribution is 2.26. The Labute approximate surface area is 175 Å². The third-order valence-corrected chi connectivity index (χ3v) is 5.80. The van der Waals surface area contributed by atoms with E-state index in [0.717, 1.165) is 11.4 Å². The van der Waals surface area contributed by atoms with Gasteiger partial charge < -0.3 is 10.1 Å². The van der Waals surface area contributed by atoms with Gasteiger partial charge in [-0.3, -0.25) is 14.2 Å². The summed E-state index contributed by atoms with van der Waals surface area (Å²) >= 11 is 0. The Morgan fingerprint density at radius 1 is 1.10 bits per heavy atom. The zero-order chi connectivity index (χ0) is 21.7. The molecule has 0 saturated carbocycles. The Hall–Kier alpha value is -3.33. The summed E-state index contributed by atoms with van der Waals surface area (Å²) in [5, 5.41) is 7.07. The molecule has 158 valence electrons. The molecular weight excluding hydrogens is 404 g/mol. The van der Waals surface area contributed by atoms with E-state index in [1.165, 1.54) is 19.2 Å². The standard InChI is InChI=1S/C21H24N4O4S/c1-15-13-16(2)25(23-15)12-11-21(26)22-17-7-6-8-18(14-17)30(27,28)24-19-9-4-5-10-20(19)29-3/h4-10,13-14,24H,11-12H2,1-3H3,(H,22,26). The number of hydrogen-bond donors (Lipinski definition) is 2. The van der Waals surface area contributed by atoms with Crippen molar-refractivity contribution in [3.8, 4) is 5.75 Å². The molecule has 0 unspecified atom stereocenters. The van der Waals surface area contributed by atoms with Gasteiger partial charge in [-0.15, -0.1) is 0 Å². The van der Waals surface area contributed by atoms with Crippen LogP contribution in [0, 0.1) is 13.8 Å². The zero-order valence-corrected chi connectivity index (χ0v) is 17.9. The Kier molecular flexibility index (Phi) is 6.41. The summed E-state index contributed by atoms with van der Waals surface area (Å²) in [5.41, 5.74) is 2.61. The highest BCUT2D eigenvalue weighted by atomic mass is 32.2. The highest BCUT2D eigenvalue weighted by molar-refractivity contribution is 7.92.